The number of carboxylic acids is 1. The van der Waals surface area contributed by atoms with E-state index in [0.29, 0.717) is 6.42 Å². The SMILES string of the molecule is CC(C)C[C@H](NC(=O)N(C)C(C)CC#N)C(=O)O. The van der Waals surface area contributed by atoms with Gasteiger partial charge in [-0.1, -0.05) is 13.8 Å². The molecule has 0 fully saturated rings. The standard InChI is InChI=1S/C12H21N3O3/c1-8(2)7-10(11(16)17)14-12(18)15(4)9(3)5-6-13/h8-10H,5,7H2,1-4H3,(H,14,18)(H,16,17)/t9?,10-/m0/s1. The summed E-state index contributed by atoms with van der Waals surface area (Å²) in [6.45, 7) is 5.52. The normalized spacial score (nSPS) is 13.6. The van der Waals surface area contributed by atoms with Crippen LogP contribution in [0.3, 0.4) is 0 Å². The maximum Gasteiger partial charge on any atom is 0.326 e. The van der Waals surface area contributed by atoms with Gasteiger partial charge in [0.2, 0.25) is 0 Å². The smallest absolute Gasteiger partial charge is 0.326 e. The van der Waals surface area contributed by atoms with E-state index in [1.807, 2.05) is 19.9 Å². The zero-order valence-corrected chi connectivity index (χ0v) is 11.3. The molecule has 0 aliphatic rings. The van der Waals surface area contributed by atoms with Crippen LogP contribution in [0.15, 0.2) is 0 Å². The molecule has 0 spiro atoms. The molecule has 102 valence electrons. The second kappa shape index (κ2) is 7.54. The minimum Gasteiger partial charge on any atom is -0.480 e. The van der Waals surface area contributed by atoms with Crippen LogP contribution in [0.4, 0.5) is 4.79 Å². The maximum atomic E-state index is 11.8. The highest BCUT2D eigenvalue weighted by Crippen LogP contribution is 2.07. The minimum absolute atomic E-state index is 0.174. The summed E-state index contributed by atoms with van der Waals surface area (Å²) in [6, 6.07) is 0.366. The van der Waals surface area contributed by atoms with Crippen molar-refractivity contribution in [3.8, 4) is 6.07 Å². The Bertz CT molecular complexity index is 336. The van der Waals surface area contributed by atoms with Crippen LogP contribution in [0.5, 0.6) is 0 Å². The van der Waals surface area contributed by atoms with Crippen molar-refractivity contribution < 1.29 is 14.7 Å². The lowest BCUT2D eigenvalue weighted by Crippen LogP contribution is -2.49. The summed E-state index contributed by atoms with van der Waals surface area (Å²) in [4.78, 5) is 24.1. The first-order valence-electron chi connectivity index (χ1n) is 5.92. The fraction of sp³-hybridized carbons (Fsp3) is 0.750. The number of hydrogen-bond acceptors (Lipinski definition) is 3. The molecular formula is C12H21N3O3. The van der Waals surface area contributed by atoms with Gasteiger partial charge in [0.05, 0.1) is 12.5 Å². The summed E-state index contributed by atoms with van der Waals surface area (Å²) >= 11 is 0. The quantitative estimate of drug-likeness (QED) is 0.750. The molecule has 0 bridgehead atoms. The van der Waals surface area contributed by atoms with Gasteiger partial charge in [-0.2, -0.15) is 5.26 Å². The summed E-state index contributed by atoms with van der Waals surface area (Å²) in [5.74, 6) is -0.869. The minimum atomic E-state index is -1.04. The zero-order chi connectivity index (χ0) is 14.3. The Morgan fingerprint density at radius 2 is 1.94 bits per heavy atom. The Morgan fingerprint density at radius 3 is 2.33 bits per heavy atom. The molecule has 0 heterocycles. The number of rotatable bonds is 6. The maximum absolute atomic E-state index is 11.8. The van der Waals surface area contributed by atoms with E-state index in [-0.39, 0.29) is 18.4 Å². The van der Waals surface area contributed by atoms with Crippen molar-refractivity contribution in [2.24, 2.45) is 5.92 Å². The Labute approximate surface area is 108 Å². The second-order valence-electron chi connectivity index (χ2n) is 4.79. The third-order valence-corrected chi connectivity index (χ3v) is 2.67. The lowest BCUT2D eigenvalue weighted by Gasteiger charge is -2.26. The molecule has 6 heteroatoms. The van der Waals surface area contributed by atoms with Crippen LogP contribution in [-0.4, -0.2) is 41.1 Å². The van der Waals surface area contributed by atoms with Gasteiger partial charge in [-0.05, 0) is 19.3 Å². The summed E-state index contributed by atoms with van der Waals surface area (Å²) in [6.07, 6.45) is 0.591. The Morgan fingerprint density at radius 1 is 1.39 bits per heavy atom. The number of urea groups is 1. The van der Waals surface area contributed by atoms with E-state index in [2.05, 4.69) is 5.32 Å². The first-order chi connectivity index (χ1) is 8.29. The highest BCUT2D eigenvalue weighted by Gasteiger charge is 2.24. The Balaban J connectivity index is 4.51. The number of carboxylic acid groups (broad SMARTS) is 1. The first kappa shape index (κ1) is 16.2. The van der Waals surface area contributed by atoms with E-state index in [9.17, 15) is 9.59 Å². The zero-order valence-electron chi connectivity index (χ0n) is 11.3. The van der Waals surface area contributed by atoms with Crippen LogP contribution in [-0.2, 0) is 4.79 Å². The molecule has 2 atom stereocenters. The summed E-state index contributed by atoms with van der Waals surface area (Å²) in [5.41, 5.74) is 0. The number of amides is 2. The number of nitrogens with zero attached hydrogens (tertiary/aromatic N) is 2. The summed E-state index contributed by atoms with van der Waals surface area (Å²) < 4.78 is 0. The summed E-state index contributed by atoms with van der Waals surface area (Å²) in [5, 5.41) is 20.0. The molecule has 0 aliphatic carbocycles. The monoisotopic (exact) mass is 255 g/mol. The van der Waals surface area contributed by atoms with E-state index in [4.69, 9.17) is 10.4 Å². The van der Waals surface area contributed by atoms with Gasteiger partial charge < -0.3 is 15.3 Å². The molecule has 18 heavy (non-hydrogen) atoms. The Kier molecular flexibility index (Phi) is 6.79. The van der Waals surface area contributed by atoms with Crippen molar-refractivity contribution in [2.45, 2.75) is 45.7 Å². The molecule has 0 aromatic heterocycles. The Hall–Kier alpha value is -1.77. The fourth-order valence-electron chi connectivity index (χ4n) is 1.41. The highest BCUT2D eigenvalue weighted by molar-refractivity contribution is 5.82. The number of hydrogen-bond donors (Lipinski definition) is 2. The fourth-order valence-corrected chi connectivity index (χ4v) is 1.41. The van der Waals surface area contributed by atoms with E-state index in [1.54, 1.807) is 14.0 Å². The van der Waals surface area contributed by atoms with E-state index in [1.165, 1.54) is 4.90 Å². The van der Waals surface area contributed by atoms with Crippen molar-refractivity contribution in [1.29, 1.82) is 5.26 Å². The number of nitriles is 1. The molecular weight excluding hydrogens is 234 g/mol. The molecule has 0 aromatic rings. The number of carbonyl (C=O) groups is 2. The first-order valence-corrected chi connectivity index (χ1v) is 5.92. The van der Waals surface area contributed by atoms with Gasteiger partial charge in [0.25, 0.3) is 0 Å². The lowest BCUT2D eigenvalue weighted by atomic mass is 10.0. The third kappa shape index (κ3) is 5.53. The molecule has 6 nitrogen and oxygen atoms in total. The predicted octanol–water partition coefficient (Wildman–Crippen LogP) is 1.43. The molecule has 2 amide bonds. The van der Waals surface area contributed by atoms with Crippen molar-refractivity contribution in [3.63, 3.8) is 0 Å². The van der Waals surface area contributed by atoms with Gasteiger partial charge in [0.15, 0.2) is 0 Å². The van der Waals surface area contributed by atoms with Gasteiger partial charge in [0.1, 0.15) is 6.04 Å². The predicted molar refractivity (Wildman–Crippen MR) is 66.9 cm³/mol. The van der Waals surface area contributed by atoms with Gasteiger partial charge in [-0.15, -0.1) is 0 Å². The van der Waals surface area contributed by atoms with Gasteiger partial charge in [-0.25, -0.2) is 9.59 Å². The van der Waals surface area contributed by atoms with Crippen molar-refractivity contribution in [2.75, 3.05) is 7.05 Å². The molecule has 1 unspecified atom stereocenters. The number of nitrogens with one attached hydrogen (secondary N) is 1. The van der Waals surface area contributed by atoms with Crippen molar-refractivity contribution >= 4 is 12.0 Å². The van der Waals surface area contributed by atoms with E-state index >= 15 is 0 Å². The molecule has 0 radical (unpaired) electrons. The highest BCUT2D eigenvalue weighted by atomic mass is 16.4. The largest absolute Gasteiger partial charge is 0.480 e. The van der Waals surface area contributed by atoms with Crippen molar-refractivity contribution in [1.82, 2.24) is 10.2 Å². The lowest BCUT2D eigenvalue weighted by molar-refractivity contribution is -0.139. The van der Waals surface area contributed by atoms with Crippen LogP contribution in [0, 0.1) is 17.2 Å². The molecule has 0 saturated carbocycles. The van der Waals surface area contributed by atoms with Gasteiger partial charge >= 0.3 is 12.0 Å². The van der Waals surface area contributed by atoms with Crippen LogP contribution in [0.25, 0.3) is 0 Å². The molecule has 2 N–H and O–H groups in total. The van der Waals surface area contributed by atoms with E-state index < -0.39 is 18.0 Å². The molecule has 0 aromatic carbocycles. The van der Waals surface area contributed by atoms with Gasteiger partial charge in [0, 0.05) is 13.1 Å². The van der Waals surface area contributed by atoms with Crippen LogP contribution < -0.4 is 5.32 Å². The van der Waals surface area contributed by atoms with Crippen LogP contribution >= 0.6 is 0 Å². The van der Waals surface area contributed by atoms with Crippen LogP contribution in [0.2, 0.25) is 0 Å². The summed E-state index contributed by atoms with van der Waals surface area (Å²) in [7, 11) is 1.55. The number of carbonyl (C=O) groups excluding carboxylic acids is 1. The molecule has 0 rings (SSSR count). The molecule has 0 aliphatic heterocycles. The van der Waals surface area contributed by atoms with Crippen molar-refractivity contribution in [3.05, 3.63) is 0 Å². The number of aliphatic carboxylic acids is 1. The van der Waals surface area contributed by atoms with Crippen LogP contribution in [0.1, 0.15) is 33.6 Å². The average Bonchev–Trinajstić information content (AvgIpc) is 2.26. The topological polar surface area (TPSA) is 93.4 Å². The third-order valence-electron chi connectivity index (χ3n) is 2.67. The molecule has 0 saturated heterocycles. The average molecular weight is 255 g/mol. The van der Waals surface area contributed by atoms with E-state index in [0.717, 1.165) is 0 Å². The van der Waals surface area contributed by atoms with Gasteiger partial charge in [-0.3, -0.25) is 0 Å². The second-order valence-corrected chi connectivity index (χ2v) is 4.79.